The van der Waals surface area contributed by atoms with Gasteiger partial charge in [-0.1, -0.05) is 12.1 Å². The molecule has 1 aliphatic heterocycles. The summed E-state index contributed by atoms with van der Waals surface area (Å²) >= 11 is 0. The summed E-state index contributed by atoms with van der Waals surface area (Å²) in [6.07, 6.45) is 2.21. The van der Waals surface area contributed by atoms with E-state index in [0.717, 1.165) is 17.7 Å². The maximum absolute atomic E-state index is 13.7. The van der Waals surface area contributed by atoms with Crippen LogP contribution in [0.3, 0.4) is 0 Å². The van der Waals surface area contributed by atoms with Crippen LogP contribution in [0.1, 0.15) is 19.3 Å². The van der Waals surface area contributed by atoms with E-state index >= 15 is 0 Å². The first kappa shape index (κ1) is 11.2. The summed E-state index contributed by atoms with van der Waals surface area (Å²) in [6.45, 7) is 0.452. The third-order valence-corrected chi connectivity index (χ3v) is 3.33. The van der Waals surface area contributed by atoms with Crippen molar-refractivity contribution in [1.29, 1.82) is 0 Å². The van der Waals surface area contributed by atoms with Gasteiger partial charge in [0.1, 0.15) is 5.82 Å². The number of rotatable bonds is 2. The molecule has 94 valence electrons. The molecule has 1 aromatic rings. The Morgan fingerprint density at radius 1 is 1.17 bits per heavy atom. The van der Waals surface area contributed by atoms with E-state index in [9.17, 15) is 14.0 Å². The highest BCUT2D eigenvalue weighted by atomic mass is 19.1. The molecule has 0 spiro atoms. The monoisotopic (exact) mass is 248 g/mol. The van der Waals surface area contributed by atoms with Crippen LogP contribution in [0.15, 0.2) is 24.3 Å². The number of benzene rings is 1. The van der Waals surface area contributed by atoms with Crippen molar-refractivity contribution in [3.63, 3.8) is 0 Å². The van der Waals surface area contributed by atoms with Crippen molar-refractivity contribution in [3.8, 4) is 0 Å². The van der Waals surface area contributed by atoms with Crippen molar-refractivity contribution >= 4 is 17.6 Å². The molecule has 1 aromatic carbocycles. The number of nitrogens with zero attached hydrogens (tertiary/aromatic N) is 2. The first-order valence-electron chi connectivity index (χ1n) is 6.06. The molecule has 2 aliphatic rings. The maximum atomic E-state index is 13.7. The summed E-state index contributed by atoms with van der Waals surface area (Å²) in [5.74, 6) is -0.876. The average molecular weight is 248 g/mol. The largest absolute Gasteiger partial charge is 0.331 e. The zero-order valence-electron chi connectivity index (χ0n) is 9.80. The van der Waals surface area contributed by atoms with Crippen LogP contribution >= 0.6 is 0 Å². The van der Waals surface area contributed by atoms with Crippen molar-refractivity contribution in [3.05, 3.63) is 30.1 Å². The zero-order chi connectivity index (χ0) is 12.7. The minimum atomic E-state index is -0.545. The molecule has 18 heavy (non-hydrogen) atoms. The van der Waals surface area contributed by atoms with Gasteiger partial charge in [0.25, 0.3) is 0 Å². The predicted octanol–water partition coefficient (Wildman–Crippen LogP) is 2.15. The lowest BCUT2D eigenvalue weighted by molar-refractivity contribution is -0.119. The van der Waals surface area contributed by atoms with Gasteiger partial charge in [-0.25, -0.2) is 14.1 Å². The Bertz CT molecular complexity index is 513. The van der Waals surface area contributed by atoms with Crippen molar-refractivity contribution in [2.45, 2.75) is 25.3 Å². The number of imide groups is 1. The molecule has 1 saturated carbocycles. The highest BCUT2D eigenvalue weighted by molar-refractivity contribution is 6.15. The van der Waals surface area contributed by atoms with Gasteiger partial charge in [-0.15, -0.1) is 0 Å². The van der Waals surface area contributed by atoms with Crippen LogP contribution in [0.2, 0.25) is 0 Å². The van der Waals surface area contributed by atoms with Crippen LogP contribution in [-0.4, -0.2) is 29.4 Å². The fourth-order valence-corrected chi connectivity index (χ4v) is 2.25. The van der Waals surface area contributed by atoms with E-state index in [0.29, 0.717) is 6.54 Å². The molecule has 0 atom stereocenters. The van der Waals surface area contributed by atoms with Crippen LogP contribution in [-0.2, 0) is 4.79 Å². The molecule has 1 aliphatic carbocycles. The fourth-order valence-electron chi connectivity index (χ4n) is 2.25. The molecule has 1 saturated heterocycles. The number of carbonyl (C=O) groups excluding carboxylic acids is 2. The Kier molecular flexibility index (Phi) is 2.54. The minimum Gasteiger partial charge on any atom is -0.320 e. The molecule has 0 radical (unpaired) electrons. The third kappa shape index (κ3) is 1.75. The second kappa shape index (κ2) is 4.08. The highest BCUT2D eigenvalue weighted by Gasteiger charge is 2.41. The second-order valence-electron chi connectivity index (χ2n) is 4.64. The summed E-state index contributed by atoms with van der Waals surface area (Å²) in [7, 11) is 0. The Morgan fingerprint density at radius 3 is 2.56 bits per heavy atom. The average Bonchev–Trinajstić information content (AvgIpc) is 3.16. The van der Waals surface area contributed by atoms with Crippen LogP contribution < -0.4 is 4.90 Å². The topological polar surface area (TPSA) is 40.6 Å². The first-order valence-corrected chi connectivity index (χ1v) is 6.06. The van der Waals surface area contributed by atoms with Gasteiger partial charge in [0.2, 0.25) is 5.91 Å². The van der Waals surface area contributed by atoms with E-state index in [1.165, 1.54) is 18.2 Å². The summed E-state index contributed by atoms with van der Waals surface area (Å²) in [4.78, 5) is 26.7. The molecule has 1 heterocycles. The number of anilines is 1. The number of hydrogen-bond donors (Lipinski definition) is 0. The van der Waals surface area contributed by atoms with Crippen molar-refractivity contribution < 1.29 is 14.0 Å². The smallest absolute Gasteiger partial charge is 0.320 e. The Morgan fingerprint density at radius 2 is 1.89 bits per heavy atom. The molecule has 2 fully saturated rings. The quantitative estimate of drug-likeness (QED) is 0.804. The number of urea groups is 1. The van der Waals surface area contributed by atoms with Crippen LogP contribution in [0.5, 0.6) is 0 Å². The normalized spacial score (nSPS) is 20.5. The van der Waals surface area contributed by atoms with E-state index in [2.05, 4.69) is 0 Å². The molecule has 0 bridgehead atoms. The molecular formula is C13H13FN2O2. The molecule has 0 aromatic heterocycles. The van der Waals surface area contributed by atoms with E-state index in [1.807, 2.05) is 0 Å². The summed E-state index contributed by atoms with van der Waals surface area (Å²) < 4.78 is 13.7. The SMILES string of the molecule is O=C1CCN(C2CC2)C(=O)N1c1ccccc1F. The molecule has 0 unspecified atom stereocenters. The molecule has 3 rings (SSSR count). The fraction of sp³-hybridized carbons (Fsp3) is 0.385. The van der Waals surface area contributed by atoms with Crippen molar-refractivity contribution in [1.82, 2.24) is 4.90 Å². The Hall–Kier alpha value is -1.91. The summed E-state index contributed by atoms with van der Waals surface area (Å²) in [6, 6.07) is 5.72. The predicted molar refractivity (Wildman–Crippen MR) is 63.6 cm³/mol. The van der Waals surface area contributed by atoms with Gasteiger partial charge < -0.3 is 4.90 Å². The Balaban J connectivity index is 1.95. The van der Waals surface area contributed by atoms with Gasteiger partial charge in [-0.2, -0.15) is 0 Å². The lowest BCUT2D eigenvalue weighted by Crippen LogP contribution is -2.53. The van der Waals surface area contributed by atoms with Crippen LogP contribution in [0.4, 0.5) is 14.9 Å². The van der Waals surface area contributed by atoms with Gasteiger partial charge in [-0.3, -0.25) is 4.79 Å². The second-order valence-corrected chi connectivity index (χ2v) is 4.64. The van der Waals surface area contributed by atoms with Crippen LogP contribution in [0, 0.1) is 5.82 Å². The number of hydrogen-bond acceptors (Lipinski definition) is 2. The van der Waals surface area contributed by atoms with E-state index < -0.39 is 5.82 Å². The molecular weight excluding hydrogens is 235 g/mol. The van der Waals surface area contributed by atoms with Crippen molar-refractivity contribution in [2.75, 3.05) is 11.4 Å². The zero-order valence-corrected chi connectivity index (χ0v) is 9.80. The minimum absolute atomic E-state index is 0.0536. The number of para-hydroxylation sites is 1. The first-order chi connectivity index (χ1) is 8.68. The lowest BCUT2D eigenvalue weighted by Gasteiger charge is -2.34. The van der Waals surface area contributed by atoms with Gasteiger partial charge >= 0.3 is 6.03 Å². The third-order valence-electron chi connectivity index (χ3n) is 3.33. The summed E-state index contributed by atoms with van der Waals surface area (Å²) in [5.41, 5.74) is 0.0536. The van der Waals surface area contributed by atoms with E-state index in [4.69, 9.17) is 0 Å². The summed E-state index contributed by atoms with van der Waals surface area (Å²) in [5, 5.41) is 0. The standard InChI is InChI=1S/C13H13FN2O2/c14-10-3-1-2-4-11(10)16-12(17)7-8-15(13(16)18)9-5-6-9/h1-4,9H,5-8H2. The molecule has 3 amide bonds. The van der Waals surface area contributed by atoms with Gasteiger partial charge in [0, 0.05) is 19.0 Å². The van der Waals surface area contributed by atoms with Gasteiger partial charge in [0.05, 0.1) is 5.69 Å². The van der Waals surface area contributed by atoms with Crippen molar-refractivity contribution in [2.24, 2.45) is 0 Å². The number of amides is 3. The van der Waals surface area contributed by atoms with E-state index in [1.54, 1.807) is 11.0 Å². The Labute approximate surface area is 104 Å². The molecule has 0 N–H and O–H groups in total. The van der Waals surface area contributed by atoms with Crippen LogP contribution in [0.25, 0.3) is 0 Å². The number of halogens is 1. The molecule has 4 nitrogen and oxygen atoms in total. The van der Waals surface area contributed by atoms with Gasteiger partial charge in [-0.05, 0) is 25.0 Å². The number of carbonyl (C=O) groups is 2. The van der Waals surface area contributed by atoms with E-state index in [-0.39, 0.29) is 30.1 Å². The van der Waals surface area contributed by atoms with Gasteiger partial charge in [0.15, 0.2) is 0 Å². The molecule has 5 heteroatoms. The highest BCUT2D eigenvalue weighted by Crippen LogP contribution is 2.32. The lowest BCUT2D eigenvalue weighted by atomic mass is 10.2. The maximum Gasteiger partial charge on any atom is 0.331 e.